The van der Waals surface area contributed by atoms with Gasteiger partial charge in [0.05, 0.1) is 4.90 Å². The average molecular weight is 513 g/mol. The van der Waals surface area contributed by atoms with Crippen LogP contribution >= 0.6 is 11.6 Å². The molecule has 0 radical (unpaired) electrons. The SMILES string of the molecule is CCC(C)N(CCC(=O)N(CCc1ccccc1)Cc1ccccc1)S(=O)(=O)c1ccc(Cl)cc1. The number of amides is 1. The highest BCUT2D eigenvalue weighted by atomic mass is 35.5. The molecule has 35 heavy (non-hydrogen) atoms. The summed E-state index contributed by atoms with van der Waals surface area (Å²) in [5.74, 6) is -0.0654. The maximum atomic E-state index is 13.4. The fourth-order valence-electron chi connectivity index (χ4n) is 3.89. The molecular formula is C28H33ClN2O3S. The normalized spacial score (nSPS) is 12.5. The van der Waals surface area contributed by atoms with Crippen molar-refractivity contribution in [3.8, 4) is 0 Å². The number of carbonyl (C=O) groups is 1. The summed E-state index contributed by atoms with van der Waals surface area (Å²) in [5, 5.41) is 0.476. The number of hydrogen-bond donors (Lipinski definition) is 0. The molecule has 3 aromatic rings. The van der Waals surface area contributed by atoms with Crippen molar-refractivity contribution >= 4 is 27.5 Å². The standard InChI is InChI=1S/C28H33ClN2O3S/c1-3-23(2)31(35(33,34)27-16-14-26(29)15-17-27)21-19-28(32)30(22-25-12-8-5-9-13-25)20-18-24-10-6-4-7-11-24/h4-17,23H,3,18-22H2,1-2H3. The van der Waals surface area contributed by atoms with Gasteiger partial charge in [-0.3, -0.25) is 4.79 Å². The molecule has 0 N–H and O–H groups in total. The number of carbonyl (C=O) groups excluding carboxylic acids is 1. The van der Waals surface area contributed by atoms with E-state index in [4.69, 9.17) is 11.6 Å². The molecule has 1 amide bonds. The molecule has 0 heterocycles. The van der Waals surface area contributed by atoms with Gasteiger partial charge in [0.2, 0.25) is 15.9 Å². The van der Waals surface area contributed by atoms with Crippen molar-refractivity contribution in [1.29, 1.82) is 0 Å². The smallest absolute Gasteiger partial charge is 0.243 e. The summed E-state index contributed by atoms with van der Waals surface area (Å²) >= 11 is 5.95. The lowest BCUT2D eigenvalue weighted by Gasteiger charge is -2.29. The molecule has 5 nitrogen and oxygen atoms in total. The van der Waals surface area contributed by atoms with E-state index in [1.165, 1.54) is 16.4 Å². The van der Waals surface area contributed by atoms with Crippen LogP contribution in [0.5, 0.6) is 0 Å². The fraction of sp³-hybridized carbons (Fsp3) is 0.321. The van der Waals surface area contributed by atoms with Crippen molar-refractivity contribution in [3.05, 3.63) is 101 Å². The molecule has 186 valence electrons. The summed E-state index contributed by atoms with van der Waals surface area (Å²) in [6, 6.07) is 25.8. The molecular weight excluding hydrogens is 480 g/mol. The molecule has 0 aliphatic rings. The quantitative estimate of drug-likeness (QED) is 0.308. The van der Waals surface area contributed by atoms with E-state index in [9.17, 15) is 13.2 Å². The molecule has 3 rings (SSSR count). The van der Waals surface area contributed by atoms with Crippen LogP contribution < -0.4 is 0 Å². The van der Waals surface area contributed by atoms with E-state index < -0.39 is 10.0 Å². The Labute approximate surface area is 214 Å². The fourth-order valence-corrected chi connectivity index (χ4v) is 5.72. The number of benzene rings is 3. The lowest BCUT2D eigenvalue weighted by molar-refractivity contribution is -0.132. The summed E-state index contributed by atoms with van der Waals surface area (Å²) in [5.41, 5.74) is 2.20. The highest BCUT2D eigenvalue weighted by Crippen LogP contribution is 2.22. The zero-order chi connectivity index (χ0) is 25.3. The molecule has 0 aliphatic heterocycles. The number of halogens is 1. The Bertz CT molecular complexity index is 1170. The second-order valence-electron chi connectivity index (χ2n) is 8.61. The van der Waals surface area contributed by atoms with Crippen LogP contribution in [0.3, 0.4) is 0 Å². The number of rotatable bonds is 12. The van der Waals surface area contributed by atoms with Crippen LogP contribution in [0.15, 0.2) is 89.8 Å². The van der Waals surface area contributed by atoms with E-state index in [0.29, 0.717) is 24.5 Å². The Balaban J connectivity index is 1.76. The van der Waals surface area contributed by atoms with E-state index in [1.54, 1.807) is 12.1 Å². The second kappa shape index (κ2) is 12.9. The first-order valence-electron chi connectivity index (χ1n) is 11.9. The number of nitrogens with zero attached hydrogens (tertiary/aromatic N) is 2. The summed E-state index contributed by atoms with van der Waals surface area (Å²) in [7, 11) is -3.76. The third-order valence-electron chi connectivity index (χ3n) is 6.13. The van der Waals surface area contributed by atoms with Gasteiger partial charge in [-0.1, -0.05) is 79.2 Å². The van der Waals surface area contributed by atoms with Crippen molar-refractivity contribution in [3.63, 3.8) is 0 Å². The minimum atomic E-state index is -3.76. The molecule has 1 atom stereocenters. The van der Waals surface area contributed by atoms with Gasteiger partial charge in [0.15, 0.2) is 0 Å². The zero-order valence-electron chi connectivity index (χ0n) is 20.3. The molecule has 1 unspecified atom stereocenters. The Morgan fingerprint density at radius 1 is 0.857 bits per heavy atom. The first kappa shape index (κ1) is 26.9. The van der Waals surface area contributed by atoms with Crippen LogP contribution in [0.25, 0.3) is 0 Å². The van der Waals surface area contributed by atoms with Gasteiger partial charge in [0.25, 0.3) is 0 Å². The highest BCUT2D eigenvalue weighted by molar-refractivity contribution is 7.89. The average Bonchev–Trinajstić information content (AvgIpc) is 2.87. The van der Waals surface area contributed by atoms with Gasteiger partial charge in [-0.2, -0.15) is 4.31 Å². The van der Waals surface area contributed by atoms with Crippen molar-refractivity contribution in [2.45, 2.75) is 50.6 Å². The van der Waals surface area contributed by atoms with Crippen LogP contribution in [0, 0.1) is 0 Å². The van der Waals surface area contributed by atoms with Crippen molar-refractivity contribution in [2.75, 3.05) is 13.1 Å². The Hall–Kier alpha value is -2.67. The summed E-state index contributed by atoms with van der Waals surface area (Å²) in [4.78, 5) is 15.4. The van der Waals surface area contributed by atoms with Crippen molar-refractivity contribution in [1.82, 2.24) is 9.21 Å². The maximum Gasteiger partial charge on any atom is 0.243 e. The van der Waals surface area contributed by atoms with Gasteiger partial charge < -0.3 is 4.90 Å². The van der Waals surface area contributed by atoms with Crippen LogP contribution in [-0.4, -0.2) is 42.7 Å². The molecule has 0 spiro atoms. The Kier molecular flexibility index (Phi) is 9.90. The number of sulfonamides is 1. The van der Waals surface area contributed by atoms with Crippen molar-refractivity contribution < 1.29 is 13.2 Å². The molecule has 0 aliphatic carbocycles. The summed E-state index contributed by atoms with van der Waals surface area (Å²) in [6.45, 7) is 4.98. The van der Waals surface area contributed by atoms with Crippen LogP contribution in [-0.2, 0) is 27.8 Å². The third kappa shape index (κ3) is 7.66. The summed E-state index contributed by atoms with van der Waals surface area (Å²) < 4.78 is 28.2. The summed E-state index contributed by atoms with van der Waals surface area (Å²) in [6.07, 6.45) is 1.49. The molecule has 7 heteroatoms. The Morgan fingerprint density at radius 3 is 2.00 bits per heavy atom. The maximum absolute atomic E-state index is 13.4. The van der Waals surface area contributed by atoms with Gasteiger partial charge in [-0.05, 0) is 55.2 Å². The van der Waals surface area contributed by atoms with E-state index in [2.05, 4.69) is 12.1 Å². The second-order valence-corrected chi connectivity index (χ2v) is 10.9. The third-order valence-corrected chi connectivity index (χ3v) is 8.41. The minimum Gasteiger partial charge on any atom is -0.338 e. The number of hydrogen-bond acceptors (Lipinski definition) is 3. The molecule has 0 aromatic heterocycles. The van der Waals surface area contributed by atoms with Gasteiger partial charge in [0.1, 0.15) is 0 Å². The first-order valence-corrected chi connectivity index (χ1v) is 13.8. The topological polar surface area (TPSA) is 57.7 Å². The van der Waals surface area contributed by atoms with Crippen LogP contribution in [0.1, 0.15) is 37.8 Å². The van der Waals surface area contributed by atoms with Crippen molar-refractivity contribution in [2.24, 2.45) is 0 Å². The zero-order valence-corrected chi connectivity index (χ0v) is 21.9. The monoisotopic (exact) mass is 512 g/mol. The van der Waals surface area contributed by atoms with Gasteiger partial charge in [-0.25, -0.2) is 8.42 Å². The van der Waals surface area contributed by atoms with E-state index in [0.717, 1.165) is 17.5 Å². The highest BCUT2D eigenvalue weighted by Gasteiger charge is 2.29. The molecule has 0 fully saturated rings. The molecule has 3 aromatic carbocycles. The van der Waals surface area contributed by atoms with Gasteiger partial charge in [-0.15, -0.1) is 0 Å². The first-order chi connectivity index (χ1) is 16.8. The minimum absolute atomic E-state index is 0.0654. The molecule has 0 saturated carbocycles. The molecule has 0 bridgehead atoms. The van der Waals surface area contributed by atoms with Gasteiger partial charge >= 0.3 is 0 Å². The lowest BCUT2D eigenvalue weighted by Crippen LogP contribution is -2.41. The molecule has 0 saturated heterocycles. The lowest BCUT2D eigenvalue weighted by atomic mass is 10.1. The Morgan fingerprint density at radius 2 is 1.43 bits per heavy atom. The van der Waals surface area contributed by atoms with Gasteiger partial charge in [0, 0.05) is 37.1 Å². The van der Waals surface area contributed by atoms with Crippen LogP contribution in [0.2, 0.25) is 5.02 Å². The predicted octanol–water partition coefficient (Wildman–Crippen LogP) is 5.79. The van der Waals surface area contributed by atoms with E-state index >= 15 is 0 Å². The van der Waals surface area contributed by atoms with E-state index in [1.807, 2.05) is 67.3 Å². The van der Waals surface area contributed by atoms with Crippen LogP contribution in [0.4, 0.5) is 0 Å². The largest absolute Gasteiger partial charge is 0.338 e. The van der Waals surface area contributed by atoms with E-state index in [-0.39, 0.29) is 29.8 Å². The predicted molar refractivity (Wildman–Crippen MR) is 142 cm³/mol.